The Balaban J connectivity index is 1.62. The van der Waals surface area contributed by atoms with Gasteiger partial charge in [-0.1, -0.05) is 51.1 Å². The van der Waals surface area contributed by atoms with Crippen LogP contribution in [0, 0.1) is 0 Å². The fourth-order valence-corrected chi connectivity index (χ4v) is 5.46. The molecule has 1 atom stereocenters. The molecule has 8 heteroatoms. The molecule has 2 aromatic carbocycles. The predicted molar refractivity (Wildman–Crippen MR) is 131 cm³/mol. The average Bonchev–Trinajstić information content (AvgIpc) is 3.27. The Morgan fingerprint density at radius 2 is 1.82 bits per heavy atom. The zero-order chi connectivity index (χ0) is 24.0. The number of benzene rings is 2. The minimum absolute atomic E-state index is 0.166. The molecule has 1 N–H and O–H groups in total. The Morgan fingerprint density at radius 3 is 2.45 bits per heavy atom. The lowest BCUT2D eigenvalue weighted by Crippen LogP contribution is -2.34. The van der Waals surface area contributed by atoms with Gasteiger partial charge in [-0.25, -0.2) is 13.1 Å². The molecule has 1 aliphatic heterocycles. The third-order valence-electron chi connectivity index (χ3n) is 5.82. The molecule has 1 aromatic heterocycles. The summed E-state index contributed by atoms with van der Waals surface area (Å²) in [7, 11) is -3.37. The third-order valence-corrected chi connectivity index (χ3v) is 7.09. The van der Waals surface area contributed by atoms with Crippen LogP contribution in [0.15, 0.2) is 54.6 Å². The topological polar surface area (TPSA) is 84.3 Å². The first-order valence-corrected chi connectivity index (χ1v) is 12.8. The molecule has 0 aliphatic carbocycles. The number of nitrogens with one attached hydrogen (secondary N) is 1. The summed E-state index contributed by atoms with van der Waals surface area (Å²) in [5.41, 5.74) is 3.80. The fraction of sp³-hybridized carbons (Fsp3) is 0.360. The normalized spacial score (nSPS) is 16.0. The standard InChI is InChI=1S/C25H30N4O3S/c1-17-13-20-14-19(11-12-21(20)29(17)33(5,31)32)24(30)26-23-15-22(25(2,3)4)27-28(23)16-18-9-7-6-8-10-18/h6-12,14-15,17H,13,16H2,1-5H3,(H,26,30). The number of hydrogen-bond donors (Lipinski definition) is 1. The Hall–Kier alpha value is -3.13. The molecule has 1 unspecified atom stereocenters. The molecule has 33 heavy (non-hydrogen) atoms. The quantitative estimate of drug-likeness (QED) is 0.611. The molecule has 4 rings (SSSR count). The Kier molecular flexibility index (Phi) is 5.82. The van der Waals surface area contributed by atoms with Crippen LogP contribution in [0.1, 0.15) is 54.9 Å². The van der Waals surface area contributed by atoms with Gasteiger partial charge in [-0.3, -0.25) is 9.10 Å². The SMILES string of the molecule is CC1Cc2cc(C(=O)Nc3cc(C(C)(C)C)nn3Cc3ccccc3)ccc2N1S(C)(=O)=O. The van der Waals surface area contributed by atoms with Crippen LogP contribution in [0.25, 0.3) is 0 Å². The van der Waals surface area contributed by atoms with E-state index in [1.165, 1.54) is 10.6 Å². The number of anilines is 2. The van der Waals surface area contributed by atoms with E-state index in [9.17, 15) is 13.2 Å². The molecule has 0 fully saturated rings. The molecular weight excluding hydrogens is 436 g/mol. The van der Waals surface area contributed by atoms with Gasteiger partial charge in [-0.15, -0.1) is 0 Å². The molecule has 0 radical (unpaired) electrons. The Labute approximate surface area is 195 Å². The Morgan fingerprint density at radius 1 is 1.12 bits per heavy atom. The molecule has 0 saturated carbocycles. The van der Waals surface area contributed by atoms with Gasteiger partial charge in [0.2, 0.25) is 10.0 Å². The van der Waals surface area contributed by atoms with E-state index in [0.29, 0.717) is 30.0 Å². The van der Waals surface area contributed by atoms with Crippen molar-refractivity contribution in [1.82, 2.24) is 9.78 Å². The van der Waals surface area contributed by atoms with Crippen LogP contribution in [-0.4, -0.2) is 36.4 Å². The largest absolute Gasteiger partial charge is 0.307 e. The molecule has 2 heterocycles. The number of fused-ring (bicyclic) bond motifs is 1. The monoisotopic (exact) mass is 466 g/mol. The number of amides is 1. The van der Waals surface area contributed by atoms with Gasteiger partial charge in [0.15, 0.2) is 0 Å². The first kappa shape index (κ1) is 23.0. The van der Waals surface area contributed by atoms with Crippen LogP contribution >= 0.6 is 0 Å². The molecule has 7 nitrogen and oxygen atoms in total. The van der Waals surface area contributed by atoms with Crippen molar-refractivity contribution in [2.45, 2.75) is 52.1 Å². The van der Waals surface area contributed by atoms with E-state index in [1.807, 2.05) is 48.0 Å². The van der Waals surface area contributed by atoms with Gasteiger partial charge in [0.05, 0.1) is 24.2 Å². The molecule has 1 amide bonds. The average molecular weight is 467 g/mol. The first-order chi connectivity index (χ1) is 15.4. The molecule has 0 spiro atoms. The smallest absolute Gasteiger partial charge is 0.256 e. The summed E-state index contributed by atoms with van der Waals surface area (Å²) in [6.45, 7) is 8.67. The summed E-state index contributed by atoms with van der Waals surface area (Å²) < 4.78 is 27.6. The first-order valence-electron chi connectivity index (χ1n) is 11.0. The fourth-order valence-electron chi connectivity index (χ4n) is 4.20. The van der Waals surface area contributed by atoms with E-state index in [2.05, 4.69) is 26.1 Å². The van der Waals surface area contributed by atoms with Crippen LogP contribution < -0.4 is 9.62 Å². The lowest BCUT2D eigenvalue weighted by molar-refractivity contribution is 0.102. The molecule has 3 aromatic rings. The van der Waals surface area contributed by atoms with E-state index in [-0.39, 0.29) is 17.4 Å². The zero-order valence-electron chi connectivity index (χ0n) is 19.7. The van der Waals surface area contributed by atoms with E-state index < -0.39 is 10.0 Å². The number of nitrogens with zero attached hydrogens (tertiary/aromatic N) is 3. The number of rotatable bonds is 5. The van der Waals surface area contributed by atoms with Crippen molar-refractivity contribution in [3.05, 3.63) is 77.0 Å². The summed E-state index contributed by atoms with van der Waals surface area (Å²) in [5.74, 6) is 0.373. The molecule has 1 aliphatic rings. The maximum atomic E-state index is 13.2. The lowest BCUT2D eigenvalue weighted by atomic mass is 9.92. The van der Waals surface area contributed by atoms with E-state index in [0.717, 1.165) is 16.8 Å². The number of hydrogen-bond acceptors (Lipinski definition) is 4. The number of aromatic nitrogens is 2. The van der Waals surface area contributed by atoms with Crippen molar-refractivity contribution in [2.75, 3.05) is 15.9 Å². The second kappa shape index (κ2) is 8.33. The minimum atomic E-state index is -3.37. The number of sulfonamides is 1. The van der Waals surface area contributed by atoms with Gasteiger partial charge in [-0.05, 0) is 42.7 Å². The van der Waals surface area contributed by atoms with Crippen molar-refractivity contribution >= 4 is 27.4 Å². The molecule has 0 bridgehead atoms. The summed E-state index contributed by atoms with van der Waals surface area (Å²) in [6.07, 6.45) is 1.78. The van der Waals surface area contributed by atoms with Crippen molar-refractivity contribution in [1.29, 1.82) is 0 Å². The van der Waals surface area contributed by atoms with Gasteiger partial charge < -0.3 is 5.32 Å². The zero-order valence-corrected chi connectivity index (χ0v) is 20.5. The minimum Gasteiger partial charge on any atom is -0.307 e. The van der Waals surface area contributed by atoms with Gasteiger partial charge in [0, 0.05) is 23.1 Å². The molecule has 0 saturated heterocycles. The highest BCUT2D eigenvalue weighted by Crippen LogP contribution is 2.35. The third kappa shape index (κ3) is 4.80. The maximum absolute atomic E-state index is 13.2. The van der Waals surface area contributed by atoms with Crippen LogP contribution in [0.5, 0.6) is 0 Å². The maximum Gasteiger partial charge on any atom is 0.256 e. The highest BCUT2D eigenvalue weighted by Gasteiger charge is 2.33. The van der Waals surface area contributed by atoms with Gasteiger partial charge in [-0.2, -0.15) is 5.10 Å². The lowest BCUT2D eigenvalue weighted by Gasteiger charge is -2.21. The van der Waals surface area contributed by atoms with Crippen molar-refractivity contribution in [2.24, 2.45) is 0 Å². The van der Waals surface area contributed by atoms with Crippen molar-refractivity contribution in [3.63, 3.8) is 0 Å². The summed E-state index contributed by atoms with van der Waals surface area (Å²) in [4.78, 5) is 13.2. The summed E-state index contributed by atoms with van der Waals surface area (Å²) >= 11 is 0. The van der Waals surface area contributed by atoms with E-state index in [4.69, 9.17) is 5.10 Å². The van der Waals surface area contributed by atoms with Crippen LogP contribution in [-0.2, 0) is 28.4 Å². The van der Waals surface area contributed by atoms with E-state index in [1.54, 1.807) is 18.2 Å². The van der Waals surface area contributed by atoms with Crippen molar-refractivity contribution in [3.8, 4) is 0 Å². The summed E-state index contributed by atoms with van der Waals surface area (Å²) in [6, 6.07) is 16.9. The van der Waals surface area contributed by atoms with Crippen LogP contribution in [0.4, 0.5) is 11.5 Å². The highest BCUT2D eigenvalue weighted by molar-refractivity contribution is 7.92. The van der Waals surface area contributed by atoms with Gasteiger partial charge in [0.25, 0.3) is 5.91 Å². The van der Waals surface area contributed by atoms with Crippen LogP contribution in [0.3, 0.4) is 0 Å². The molecular formula is C25H30N4O3S. The summed E-state index contributed by atoms with van der Waals surface area (Å²) in [5, 5.41) is 7.77. The number of carbonyl (C=O) groups is 1. The van der Waals surface area contributed by atoms with Crippen molar-refractivity contribution < 1.29 is 13.2 Å². The molecule has 174 valence electrons. The van der Waals surface area contributed by atoms with Gasteiger partial charge in [0.1, 0.15) is 5.82 Å². The van der Waals surface area contributed by atoms with Crippen LogP contribution in [0.2, 0.25) is 0 Å². The Bertz CT molecular complexity index is 1290. The second-order valence-electron chi connectivity index (χ2n) is 9.72. The number of carbonyl (C=O) groups excluding carboxylic acids is 1. The predicted octanol–water partition coefficient (Wildman–Crippen LogP) is 4.19. The van der Waals surface area contributed by atoms with Gasteiger partial charge >= 0.3 is 0 Å². The van der Waals surface area contributed by atoms with E-state index >= 15 is 0 Å². The second-order valence-corrected chi connectivity index (χ2v) is 11.6. The highest BCUT2D eigenvalue weighted by atomic mass is 32.2.